The van der Waals surface area contributed by atoms with Crippen LogP contribution in [0.4, 0.5) is 0 Å². The van der Waals surface area contributed by atoms with Crippen LogP contribution in [-0.4, -0.2) is 18.0 Å². The standard InChI is InChI=1S/C23H20O2/c24-18-10-12-23(11-5-13-25-23)22-20-16-8-3-1-6-14(16)19(21(18)22)15-7-2-4-9-17(15)20/h1-4,6-10,12,19-22H,5,11,13H2/t19?,20?,21-,22+,23-/m1/s1. The van der Waals surface area contributed by atoms with E-state index in [1.54, 1.807) is 0 Å². The van der Waals surface area contributed by atoms with E-state index in [9.17, 15) is 4.79 Å². The molecule has 1 fully saturated rings. The number of benzene rings is 2. The van der Waals surface area contributed by atoms with E-state index in [-0.39, 0.29) is 35.1 Å². The molecule has 1 spiro atoms. The first-order chi connectivity index (χ1) is 12.3. The molecule has 2 aromatic rings. The first kappa shape index (κ1) is 14.0. The van der Waals surface area contributed by atoms with Crippen molar-refractivity contribution in [1.82, 2.24) is 0 Å². The maximum atomic E-state index is 13.0. The van der Waals surface area contributed by atoms with Gasteiger partial charge < -0.3 is 4.74 Å². The zero-order chi connectivity index (χ0) is 16.6. The maximum absolute atomic E-state index is 13.0. The Balaban J connectivity index is 1.68. The molecule has 0 radical (unpaired) electrons. The normalized spacial score (nSPS) is 37.0. The molecule has 2 heteroatoms. The van der Waals surface area contributed by atoms with Crippen LogP contribution < -0.4 is 0 Å². The van der Waals surface area contributed by atoms with Gasteiger partial charge in [0.05, 0.1) is 5.60 Å². The molecular formula is C23H20O2. The molecule has 3 atom stereocenters. The van der Waals surface area contributed by atoms with Crippen LogP contribution in [0.5, 0.6) is 0 Å². The van der Waals surface area contributed by atoms with Gasteiger partial charge in [-0.25, -0.2) is 0 Å². The first-order valence-electron chi connectivity index (χ1n) is 9.35. The Morgan fingerprint density at radius 1 is 0.880 bits per heavy atom. The summed E-state index contributed by atoms with van der Waals surface area (Å²) in [5.41, 5.74) is 5.26. The van der Waals surface area contributed by atoms with E-state index in [2.05, 4.69) is 54.6 Å². The Bertz CT molecular complexity index is 872. The average Bonchev–Trinajstić information content (AvgIpc) is 3.14. The highest BCUT2D eigenvalue weighted by atomic mass is 16.5. The van der Waals surface area contributed by atoms with Crippen molar-refractivity contribution < 1.29 is 9.53 Å². The Morgan fingerprint density at radius 2 is 1.48 bits per heavy atom. The van der Waals surface area contributed by atoms with E-state index >= 15 is 0 Å². The van der Waals surface area contributed by atoms with Crippen molar-refractivity contribution in [3.63, 3.8) is 0 Å². The van der Waals surface area contributed by atoms with Crippen LogP contribution >= 0.6 is 0 Å². The van der Waals surface area contributed by atoms with Crippen molar-refractivity contribution in [1.29, 1.82) is 0 Å². The van der Waals surface area contributed by atoms with Crippen molar-refractivity contribution in [2.24, 2.45) is 11.8 Å². The molecule has 5 aliphatic rings. The second-order valence-corrected chi connectivity index (χ2v) is 7.91. The number of carbonyl (C=O) groups is 1. The zero-order valence-electron chi connectivity index (χ0n) is 14.0. The fourth-order valence-corrected chi connectivity index (χ4v) is 6.13. The van der Waals surface area contributed by atoms with Crippen molar-refractivity contribution in [3.8, 4) is 0 Å². The number of ether oxygens (including phenoxy) is 1. The minimum absolute atomic E-state index is 0.0119. The van der Waals surface area contributed by atoms with Gasteiger partial charge >= 0.3 is 0 Å². The topological polar surface area (TPSA) is 26.3 Å². The lowest BCUT2D eigenvalue weighted by molar-refractivity contribution is -0.129. The Morgan fingerprint density at radius 3 is 2.04 bits per heavy atom. The summed E-state index contributed by atoms with van der Waals surface area (Å²) in [7, 11) is 0. The lowest BCUT2D eigenvalue weighted by Gasteiger charge is -2.56. The fourth-order valence-electron chi connectivity index (χ4n) is 6.13. The van der Waals surface area contributed by atoms with Crippen molar-refractivity contribution in [2.45, 2.75) is 30.3 Å². The summed E-state index contributed by atoms with van der Waals surface area (Å²) in [6, 6.07) is 17.5. The quantitative estimate of drug-likeness (QED) is 0.724. The second-order valence-electron chi connectivity index (χ2n) is 7.91. The minimum atomic E-state index is -0.261. The SMILES string of the molecule is O=C1C=C[C@]2(CCCO2)[C@H]2C3c4ccccc4C(c4ccccc43)[C@@H]12. The van der Waals surface area contributed by atoms with Gasteiger partial charge in [-0.05, 0) is 47.2 Å². The monoisotopic (exact) mass is 328 g/mol. The van der Waals surface area contributed by atoms with E-state index < -0.39 is 0 Å². The van der Waals surface area contributed by atoms with Crippen LogP contribution in [0.1, 0.15) is 46.9 Å². The lowest BCUT2D eigenvalue weighted by Crippen LogP contribution is -2.55. The number of ketones is 1. The number of carbonyl (C=O) groups excluding carboxylic acids is 1. The highest BCUT2D eigenvalue weighted by molar-refractivity contribution is 5.96. The molecule has 2 bridgehead atoms. The van der Waals surface area contributed by atoms with Gasteiger partial charge in [-0.3, -0.25) is 4.79 Å². The van der Waals surface area contributed by atoms with Crippen LogP contribution in [0.25, 0.3) is 0 Å². The summed E-state index contributed by atoms with van der Waals surface area (Å²) in [6.45, 7) is 0.808. The van der Waals surface area contributed by atoms with Gasteiger partial charge in [0.1, 0.15) is 0 Å². The zero-order valence-corrected chi connectivity index (χ0v) is 14.0. The van der Waals surface area contributed by atoms with Crippen molar-refractivity contribution >= 4 is 5.78 Å². The van der Waals surface area contributed by atoms with Crippen LogP contribution in [0, 0.1) is 11.8 Å². The van der Waals surface area contributed by atoms with E-state index in [1.165, 1.54) is 22.3 Å². The van der Waals surface area contributed by atoms with E-state index in [4.69, 9.17) is 4.74 Å². The third-order valence-electron chi connectivity index (χ3n) is 6.94. The van der Waals surface area contributed by atoms with Gasteiger partial charge in [-0.15, -0.1) is 0 Å². The third kappa shape index (κ3) is 1.61. The molecule has 2 aromatic carbocycles. The fraction of sp³-hybridized carbons (Fsp3) is 0.348. The van der Waals surface area contributed by atoms with Crippen LogP contribution in [0.15, 0.2) is 60.7 Å². The van der Waals surface area contributed by atoms with Gasteiger partial charge in [0.25, 0.3) is 0 Å². The maximum Gasteiger partial charge on any atom is 0.159 e. The average molecular weight is 328 g/mol. The summed E-state index contributed by atoms with van der Waals surface area (Å²) in [6.07, 6.45) is 6.03. The molecule has 4 aliphatic carbocycles. The molecule has 0 aromatic heterocycles. The molecular weight excluding hydrogens is 308 g/mol. The van der Waals surface area contributed by atoms with Crippen molar-refractivity contribution in [2.75, 3.05) is 6.61 Å². The highest BCUT2D eigenvalue weighted by Gasteiger charge is 2.60. The van der Waals surface area contributed by atoms with Crippen molar-refractivity contribution in [3.05, 3.63) is 82.9 Å². The molecule has 124 valence electrons. The van der Waals surface area contributed by atoms with Crippen LogP contribution in [0.2, 0.25) is 0 Å². The lowest BCUT2D eigenvalue weighted by atomic mass is 9.48. The molecule has 2 nitrogen and oxygen atoms in total. The van der Waals surface area contributed by atoms with Gasteiger partial charge in [-0.1, -0.05) is 48.5 Å². The Hall–Kier alpha value is -2.19. The van der Waals surface area contributed by atoms with Gasteiger partial charge in [0, 0.05) is 30.3 Å². The second kappa shape index (κ2) is 4.70. The predicted molar refractivity (Wildman–Crippen MR) is 95.6 cm³/mol. The van der Waals surface area contributed by atoms with Gasteiger partial charge in [-0.2, -0.15) is 0 Å². The number of hydrogen-bond donors (Lipinski definition) is 0. The molecule has 1 aliphatic heterocycles. The molecule has 0 saturated carbocycles. The number of rotatable bonds is 0. The predicted octanol–water partition coefficient (Wildman–Crippen LogP) is 4.20. The smallest absolute Gasteiger partial charge is 0.159 e. The highest BCUT2D eigenvalue weighted by Crippen LogP contribution is 2.64. The molecule has 7 rings (SSSR count). The van der Waals surface area contributed by atoms with E-state index in [1.807, 2.05) is 6.08 Å². The largest absolute Gasteiger partial charge is 0.371 e. The molecule has 0 amide bonds. The number of hydrogen-bond acceptors (Lipinski definition) is 2. The number of allylic oxidation sites excluding steroid dienone is 1. The third-order valence-corrected chi connectivity index (χ3v) is 6.94. The Kier molecular flexibility index (Phi) is 2.64. The molecule has 1 saturated heterocycles. The molecule has 0 N–H and O–H groups in total. The minimum Gasteiger partial charge on any atom is -0.371 e. The van der Waals surface area contributed by atoms with Gasteiger partial charge in [0.15, 0.2) is 5.78 Å². The summed E-state index contributed by atoms with van der Waals surface area (Å²) in [5, 5.41) is 0. The first-order valence-corrected chi connectivity index (χ1v) is 9.35. The molecule has 0 unspecified atom stereocenters. The summed E-state index contributed by atoms with van der Waals surface area (Å²) in [4.78, 5) is 13.0. The Labute approximate surface area is 147 Å². The summed E-state index contributed by atoms with van der Waals surface area (Å²) < 4.78 is 6.34. The van der Waals surface area contributed by atoms with E-state index in [0.717, 1.165) is 19.4 Å². The molecule has 25 heavy (non-hydrogen) atoms. The van der Waals surface area contributed by atoms with Crippen LogP contribution in [0.3, 0.4) is 0 Å². The van der Waals surface area contributed by atoms with Crippen LogP contribution in [-0.2, 0) is 9.53 Å². The molecule has 1 heterocycles. The summed E-state index contributed by atoms with van der Waals surface area (Å²) >= 11 is 0. The van der Waals surface area contributed by atoms with Gasteiger partial charge in [0.2, 0.25) is 0 Å². The summed E-state index contributed by atoms with van der Waals surface area (Å²) in [5.74, 6) is 0.945. The van der Waals surface area contributed by atoms with E-state index in [0.29, 0.717) is 0 Å².